The van der Waals surface area contributed by atoms with E-state index in [1.807, 2.05) is 32.3 Å². The standard InChI is InChI=1S/C13H16BrN5/c1-9-11(14)12(18-10(2)17-9)15-8-13(4-5-13)19-7-3-6-16-19/h3,6-7H,4-5,8H2,1-2H3,(H,15,17,18). The Labute approximate surface area is 120 Å². The van der Waals surface area contributed by atoms with Gasteiger partial charge in [-0.2, -0.15) is 5.10 Å². The summed E-state index contributed by atoms with van der Waals surface area (Å²) in [7, 11) is 0. The minimum atomic E-state index is 0.121. The van der Waals surface area contributed by atoms with E-state index in [0.29, 0.717) is 0 Å². The van der Waals surface area contributed by atoms with Gasteiger partial charge >= 0.3 is 0 Å². The molecule has 2 aromatic heterocycles. The van der Waals surface area contributed by atoms with Gasteiger partial charge in [0.25, 0.3) is 0 Å². The fourth-order valence-corrected chi connectivity index (χ4v) is 2.56. The fourth-order valence-electron chi connectivity index (χ4n) is 2.24. The van der Waals surface area contributed by atoms with Crippen LogP contribution < -0.4 is 5.32 Å². The number of hydrogen-bond donors (Lipinski definition) is 1. The number of halogens is 1. The maximum Gasteiger partial charge on any atom is 0.144 e. The molecule has 1 saturated carbocycles. The smallest absolute Gasteiger partial charge is 0.144 e. The van der Waals surface area contributed by atoms with Gasteiger partial charge in [0.1, 0.15) is 11.6 Å². The lowest BCUT2D eigenvalue weighted by Gasteiger charge is -2.18. The average Bonchev–Trinajstić information content (AvgIpc) is 2.96. The molecule has 0 aliphatic heterocycles. The van der Waals surface area contributed by atoms with Crippen molar-refractivity contribution in [1.29, 1.82) is 0 Å². The van der Waals surface area contributed by atoms with Gasteiger partial charge in [0, 0.05) is 18.9 Å². The Kier molecular flexibility index (Phi) is 3.05. The molecule has 1 fully saturated rings. The highest BCUT2D eigenvalue weighted by atomic mass is 79.9. The van der Waals surface area contributed by atoms with Gasteiger partial charge in [-0.3, -0.25) is 4.68 Å². The Bertz CT molecular complexity index is 589. The molecule has 0 bridgehead atoms. The maximum atomic E-state index is 4.45. The normalized spacial score (nSPS) is 16.4. The summed E-state index contributed by atoms with van der Waals surface area (Å²) in [6.07, 6.45) is 6.17. The summed E-state index contributed by atoms with van der Waals surface area (Å²) in [6.45, 7) is 4.72. The molecule has 5 nitrogen and oxygen atoms in total. The molecule has 0 radical (unpaired) electrons. The number of rotatable bonds is 4. The molecule has 0 unspecified atom stereocenters. The predicted molar refractivity (Wildman–Crippen MR) is 77.1 cm³/mol. The third-order valence-corrected chi connectivity index (χ3v) is 4.48. The number of nitrogens with one attached hydrogen (secondary N) is 1. The minimum Gasteiger partial charge on any atom is -0.367 e. The molecular formula is C13H16BrN5. The van der Waals surface area contributed by atoms with Crippen LogP contribution in [0, 0.1) is 13.8 Å². The van der Waals surface area contributed by atoms with Crippen molar-refractivity contribution in [1.82, 2.24) is 19.7 Å². The first-order chi connectivity index (χ1) is 9.11. The van der Waals surface area contributed by atoms with E-state index in [4.69, 9.17) is 0 Å². The summed E-state index contributed by atoms with van der Waals surface area (Å²) >= 11 is 3.54. The molecule has 0 atom stereocenters. The Morgan fingerprint density at radius 3 is 2.79 bits per heavy atom. The number of nitrogens with zero attached hydrogens (tertiary/aromatic N) is 4. The highest BCUT2D eigenvalue weighted by molar-refractivity contribution is 9.10. The molecular weight excluding hydrogens is 306 g/mol. The first-order valence-electron chi connectivity index (χ1n) is 6.35. The van der Waals surface area contributed by atoms with Crippen molar-refractivity contribution in [3.63, 3.8) is 0 Å². The van der Waals surface area contributed by atoms with Crippen LogP contribution in [0.4, 0.5) is 5.82 Å². The molecule has 19 heavy (non-hydrogen) atoms. The van der Waals surface area contributed by atoms with E-state index < -0.39 is 0 Å². The lowest BCUT2D eigenvalue weighted by atomic mass is 10.2. The number of aromatic nitrogens is 4. The van der Waals surface area contributed by atoms with Crippen molar-refractivity contribution in [3.8, 4) is 0 Å². The lowest BCUT2D eigenvalue weighted by molar-refractivity contribution is 0.452. The fraction of sp³-hybridized carbons (Fsp3) is 0.462. The summed E-state index contributed by atoms with van der Waals surface area (Å²) in [5.74, 6) is 1.65. The van der Waals surface area contributed by atoms with Crippen LogP contribution in [0.1, 0.15) is 24.4 Å². The molecule has 1 aliphatic carbocycles. The van der Waals surface area contributed by atoms with E-state index in [1.165, 1.54) is 0 Å². The highest BCUT2D eigenvalue weighted by Crippen LogP contribution is 2.43. The quantitative estimate of drug-likeness (QED) is 0.940. The molecule has 3 rings (SSSR count). The topological polar surface area (TPSA) is 55.6 Å². The van der Waals surface area contributed by atoms with Crippen molar-refractivity contribution < 1.29 is 0 Å². The zero-order valence-corrected chi connectivity index (χ0v) is 12.6. The van der Waals surface area contributed by atoms with Crippen LogP contribution in [0.15, 0.2) is 22.9 Å². The van der Waals surface area contributed by atoms with E-state index in [0.717, 1.165) is 41.2 Å². The molecule has 0 spiro atoms. The molecule has 2 aromatic rings. The Morgan fingerprint density at radius 2 is 2.16 bits per heavy atom. The third kappa shape index (κ3) is 2.36. The SMILES string of the molecule is Cc1nc(C)c(Br)c(NCC2(n3cccn3)CC2)n1. The van der Waals surface area contributed by atoms with Crippen molar-refractivity contribution in [2.75, 3.05) is 11.9 Å². The van der Waals surface area contributed by atoms with Crippen LogP contribution in [0.3, 0.4) is 0 Å². The second kappa shape index (κ2) is 4.59. The summed E-state index contributed by atoms with van der Waals surface area (Å²) < 4.78 is 2.99. The van der Waals surface area contributed by atoms with Gasteiger partial charge in [-0.15, -0.1) is 0 Å². The van der Waals surface area contributed by atoms with Crippen LogP contribution in [-0.2, 0) is 5.54 Å². The molecule has 0 aromatic carbocycles. The van der Waals surface area contributed by atoms with Crippen molar-refractivity contribution in [2.24, 2.45) is 0 Å². The van der Waals surface area contributed by atoms with E-state index in [1.54, 1.807) is 0 Å². The molecule has 1 aliphatic rings. The third-order valence-electron chi connectivity index (χ3n) is 3.53. The first-order valence-corrected chi connectivity index (χ1v) is 7.15. The van der Waals surface area contributed by atoms with Crippen LogP contribution in [-0.4, -0.2) is 26.3 Å². The largest absolute Gasteiger partial charge is 0.367 e. The van der Waals surface area contributed by atoms with Gasteiger partial charge in [0.2, 0.25) is 0 Å². The number of aryl methyl sites for hydroxylation is 2. The van der Waals surface area contributed by atoms with Gasteiger partial charge in [-0.1, -0.05) is 0 Å². The van der Waals surface area contributed by atoms with Crippen LogP contribution in [0.5, 0.6) is 0 Å². The minimum absolute atomic E-state index is 0.121. The zero-order chi connectivity index (χ0) is 13.5. The number of anilines is 1. The van der Waals surface area contributed by atoms with Gasteiger partial charge in [0.05, 0.1) is 15.7 Å². The van der Waals surface area contributed by atoms with E-state index in [2.05, 4.69) is 41.0 Å². The number of hydrogen-bond acceptors (Lipinski definition) is 4. The predicted octanol–water partition coefficient (Wildman–Crippen LogP) is 2.65. The Morgan fingerprint density at radius 1 is 1.37 bits per heavy atom. The van der Waals surface area contributed by atoms with Gasteiger partial charge in [-0.25, -0.2) is 9.97 Å². The summed E-state index contributed by atoms with van der Waals surface area (Å²) in [6, 6.07) is 1.97. The zero-order valence-electron chi connectivity index (χ0n) is 11.0. The van der Waals surface area contributed by atoms with Gasteiger partial charge in [-0.05, 0) is 48.7 Å². The van der Waals surface area contributed by atoms with Crippen molar-refractivity contribution >= 4 is 21.7 Å². The highest BCUT2D eigenvalue weighted by Gasteiger charge is 2.45. The second-order valence-corrected chi connectivity index (χ2v) is 5.84. The Hall–Kier alpha value is -1.43. The summed E-state index contributed by atoms with van der Waals surface area (Å²) in [4.78, 5) is 8.78. The maximum absolute atomic E-state index is 4.45. The van der Waals surface area contributed by atoms with E-state index in [9.17, 15) is 0 Å². The molecule has 0 saturated heterocycles. The summed E-state index contributed by atoms with van der Waals surface area (Å²) in [5.41, 5.74) is 1.08. The molecule has 6 heteroatoms. The molecule has 2 heterocycles. The molecule has 100 valence electrons. The lowest BCUT2D eigenvalue weighted by Crippen LogP contribution is -2.27. The second-order valence-electron chi connectivity index (χ2n) is 5.05. The van der Waals surface area contributed by atoms with Crippen LogP contribution in [0.25, 0.3) is 0 Å². The van der Waals surface area contributed by atoms with E-state index >= 15 is 0 Å². The van der Waals surface area contributed by atoms with E-state index in [-0.39, 0.29) is 5.54 Å². The van der Waals surface area contributed by atoms with Crippen molar-refractivity contribution in [2.45, 2.75) is 32.2 Å². The monoisotopic (exact) mass is 321 g/mol. The summed E-state index contributed by atoms with van der Waals surface area (Å²) in [5, 5.41) is 7.78. The average molecular weight is 322 g/mol. The van der Waals surface area contributed by atoms with Gasteiger partial charge < -0.3 is 5.32 Å². The Balaban J connectivity index is 1.77. The molecule has 0 amide bonds. The first kappa shape index (κ1) is 12.6. The van der Waals surface area contributed by atoms with Crippen LogP contribution >= 0.6 is 15.9 Å². The molecule has 1 N–H and O–H groups in total. The van der Waals surface area contributed by atoms with Crippen molar-refractivity contribution in [3.05, 3.63) is 34.5 Å². The van der Waals surface area contributed by atoms with Gasteiger partial charge in [0.15, 0.2) is 0 Å². The van der Waals surface area contributed by atoms with Crippen LogP contribution in [0.2, 0.25) is 0 Å².